The number of benzene rings is 12. The number of anilines is 6. The third-order valence-corrected chi connectivity index (χ3v) is 14.8. The highest BCUT2D eigenvalue weighted by molar-refractivity contribution is 6.27. The molecule has 0 aliphatic heterocycles. The summed E-state index contributed by atoms with van der Waals surface area (Å²) in [6.07, 6.45) is 0. The quantitative estimate of drug-likeness (QED) is 0.137. The summed E-state index contributed by atoms with van der Waals surface area (Å²) in [7, 11) is 0. The number of aromatic nitrogens is 1. The maximum absolute atomic E-state index is 9.66. The second-order valence-corrected chi connectivity index (χ2v) is 19.3. The van der Waals surface area contributed by atoms with E-state index in [2.05, 4.69) is 149 Å². The van der Waals surface area contributed by atoms with Crippen LogP contribution in [-0.2, 0) is 0 Å². The van der Waals surface area contributed by atoms with Crippen LogP contribution in [0.1, 0.15) is 6.85 Å². The molecule has 0 amide bonds. The highest BCUT2D eigenvalue weighted by atomic mass is 16.3. The summed E-state index contributed by atoms with van der Waals surface area (Å²) in [6, 6.07) is 84.6. The van der Waals surface area contributed by atoms with Gasteiger partial charge in [-0.15, -0.1) is 0 Å². The molecule has 3 heterocycles. The Kier molecular flexibility index (Phi) is 9.27. The molecule has 0 saturated carbocycles. The zero-order valence-electron chi connectivity index (χ0n) is 46.4. The van der Waals surface area contributed by atoms with Crippen molar-refractivity contribution in [2.45, 2.75) is 0 Å². The summed E-state index contributed by atoms with van der Waals surface area (Å²) in [5.74, 6) is 0. The monoisotopic (exact) mass is 990 g/mol. The van der Waals surface area contributed by atoms with Crippen LogP contribution in [0.25, 0.3) is 105 Å². The van der Waals surface area contributed by atoms with Crippen LogP contribution < -0.4 is 9.80 Å². The molecule has 0 fully saturated rings. The van der Waals surface area contributed by atoms with Crippen molar-refractivity contribution in [3.05, 3.63) is 285 Å². The first-order valence-electron chi connectivity index (χ1n) is 28.2. The number of fused-ring (bicyclic) bond motifs is 10. The first-order valence-corrected chi connectivity index (χ1v) is 25.7. The van der Waals surface area contributed by atoms with Crippen molar-refractivity contribution < 1.29 is 15.7 Å². The average Bonchev–Trinajstić information content (AvgIpc) is 3.91. The summed E-state index contributed by atoms with van der Waals surface area (Å²) in [6.45, 7) is 0. The van der Waals surface area contributed by atoms with Crippen LogP contribution in [0.4, 0.5) is 34.1 Å². The van der Waals surface area contributed by atoms with Crippen LogP contribution in [0.15, 0.2) is 294 Å². The summed E-state index contributed by atoms with van der Waals surface area (Å²) >= 11 is 0. The van der Waals surface area contributed by atoms with Crippen LogP contribution in [0.5, 0.6) is 0 Å². The van der Waals surface area contributed by atoms with Gasteiger partial charge in [0.25, 0.3) is 0 Å². The van der Waals surface area contributed by atoms with Crippen molar-refractivity contribution in [2.75, 3.05) is 9.80 Å². The van der Waals surface area contributed by atoms with Crippen LogP contribution in [-0.4, -0.2) is 4.57 Å². The first-order chi connectivity index (χ1) is 40.3. The van der Waals surface area contributed by atoms with Gasteiger partial charge in [0.1, 0.15) is 22.3 Å². The van der Waals surface area contributed by atoms with Gasteiger partial charge in [0.2, 0.25) is 0 Å². The zero-order valence-corrected chi connectivity index (χ0v) is 41.4. The molecule has 0 atom stereocenters. The lowest BCUT2D eigenvalue weighted by Gasteiger charge is -2.31. The zero-order chi connectivity index (χ0) is 55.2. The van der Waals surface area contributed by atoms with Crippen molar-refractivity contribution in [3.8, 4) is 39.1 Å². The van der Waals surface area contributed by atoms with Gasteiger partial charge in [0.15, 0.2) is 0 Å². The molecule has 0 N–H and O–H groups in total. The lowest BCUT2D eigenvalue weighted by atomic mass is 9.96. The molecule has 15 aromatic rings. The fourth-order valence-corrected chi connectivity index (χ4v) is 11.4. The molecule has 0 spiro atoms. The molecule has 15 rings (SSSR count). The molecule has 77 heavy (non-hydrogen) atoms. The fraction of sp³-hybridized carbons (Fsp3) is 0. The lowest BCUT2D eigenvalue weighted by molar-refractivity contribution is 0.669. The Balaban J connectivity index is 1.08. The second kappa shape index (κ2) is 18.2. The highest BCUT2D eigenvalue weighted by Crippen LogP contribution is 2.50. The number of para-hydroxylation sites is 5. The molecular weight excluding hydrogens is 939 g/mol. The van der Waals surface area contributed by atoms with Gasteiger partial charge in [0.05, 0.1) is 34.3 Å². The van der Waals surface area contributed by atoms with E-state index in [4.69, 9.17) is 12.9 Å². The molecular formula is C72H47N3O2. The summed E-state index contributed by atoms with van der Waals surface area (Å²) in [5.41, 5.74) is 15.1. The van der Waals surface area contributed by atoms with Gasteiger partial charge in [-0.05, 0) is 131 Å². The molecule has 3 aromatic heterocycles. The fourth-order valence-electron chi connectivity index (χ4n) is 11.4. The van der Waals surface area contributed by atoms with Gasteiger partial charge in [-0.25, -0.2) is 0 Å². The molecule has 5 heteroatoms. The van der Waals surface area contributed by atoms with Crippen LogP contribution in [0.2, 0.25) is 0 Å². The third kappa shape index (κ3) is 7.47. The second-order valence-electron chi connectivity index (χ2n) is 19.3. The normalized spacial score (nSPS) is 12.5. The predicted octanol–water partition coefficient (Wildman–Crippen LogP) is 20.5. The van der Waals surface area contributed by atoms with Crippen molar-refractivity contribution in [1.29, 1.82) is 0 Å². The molecule has 12 aromatic carbocycles. The SMILES string of the molecule is [2H]c1c([2H])c([2H])c(N(c2ccc(-c3ccccc3)cc2)c2cc(-c3cc4c5ccccc5n(-c5ccccc5)c4c4c3oc3ccccc34)cc(N(c3ccc(-c4ccccc4)cc3)c3cccc4oc5ccccc5c34)c2)c([2H])c1[2H]. The Labute approximate surface area is 452 Å². The molecule has 0 aliphatic rings. The highest BCUT2D eigenvalue weighted by Gasteiger charge is 2.27. The number of hydrogen-bond acceptors (Lipinski definition) is 4. The number of hydrogen-bond donors (Lipinski definition) is 0. The summed E-state index contributed by atoms with van der Waals surface area (Å²) < 4.78 is 62.4. The number of furan rings is 2. The lowest BCUT2D eigenvalue weighted by Crippen LogP contribution is -2.14. The van der Waals surface area contributed by atoms with Gasteiger partial charge in [-0.1, -0.05) is 182 Å². The van der Waals surface area contributed by atoms with Crippen LogP contribution in [0, 0.1) is 0 Å². The minimum absolute atomic E-state index is 0.00137. The van der Waals surface area contributed by atoms with E-state index in [9.17, 15) is 2.74 Å². The minimum atomic E-state index is -0.478. The van der Waals surface area contributed by atoms with E-state index < -0.39 is 18.1 Å². The van der Waals surface area contributed by atoms with Gasteiger partial charge >= 0.3 is 0 Å². The Morgan fingerprint density at radius 3 is 1.52 bits per heavy atom. The van der Waals surface area contributed by atoms with Crippen LogP contribution in [0.3, 0.4) is 0 Å². The van der Waals surface area contributed by atoms with E-state index in [1.807, 2.05) is 120 Å². The van der Waals surface area contributed by atoms with E-state index >= 15 is 0 Å². The topological polar surface area (TPSA) is 37.7 Å². The van der Waals surface area contributed by atoms with Gasteiger partial charge in [-0.2, -0.15) is 0 Å². The van der Waals surface area contributed by atoms with E-state index in [1.165, 1.54) is 0 Å². The molecule has 0 saturated heterocycles. The molecule has 5 nitrogen and oxygen atoms in total. The van der Waals surface area contributed by atoms with Crippen molar-refractivity contribution in [3.63, 3.8) is 0 Å². The van der Waals surface area contributed by atoms with Crippen molar-refractivity contribution in [2.24, 2.45) is 0 Å². The average molecular weight is 991 g/mol. The molecule has 362 valence electrons. The van der Waals surface area contributed by atoms with Gasteiger partial charge in [-0.3, -0.25) is 0 Å². The maximum atomic E-state index is 9.66. The molecule has 0 bridgehead atoms. The van der Waals surface area contributed by atoms with E-state index in [1.54, 1.807) is 0 Å². The summed E-state index contributed by atoms with van der Waals surface area (Å²) in [4.78, 5) is 4.04. The smallest absolute Gasteiger partial charge is 0.145 e. The van der Waals surface area contributed by atoms with E-state index in [0.717, 1.165) is 105 Å². The molecule has 0 aliphatic carbocycles. The Morgan fingerprint density at radius 1 is 0.338 bits per heavy atom. The van der Waals surface area contributed by atoms with Gasteiger partial charge in [0, 0.05) is 61.2 Å². The molecule has 0 unspecified atom stereocenters. The number of rotatable bonds is 10. The largest absolute Gasteiger partial charge is 0.456 e. The Hall–Kier alpha value is -10.4. The maximum Gasteiger partial charge on any atom is 0.145 e. The first kappa shape index (κ1) is 39.1. The summed E-state index contributed by atoms with van der Waals surface area (Å²) in [5, 5.41) is 5.83. The standard InChI is InChI=1S/C72H47N3O2/c1-5-20-48(21-6-1)50-36-40-55(41-37-50)73(53-24-9-3-10-25-53)57-44-52(62-47-63-59-28-13-16-31-64(59)75(54-26-11-4-12-27-54)71(63)70-61-30-15-18-34-67(61)77-72(62)70)45-58(46-57)74(56-42-38-51(39-43-56)49-22-7-2-8-23-49)65-32-19-35-68-69(65)60-29-14-17-33-66(60)76-68/h1-47H/i3D,9D,10D,24D,25D. The van der Waals surface area contributed by atoms with Gasteiger partial charge < -0.3 is 23.2 Å². The van der Waals surface area contributed by atoms with E-state index in [-0.39, 0.29) is 17.8 Å². The predicted molar refractivity (Wildman–Crippen MR) is 321 cm³/mol. The Morgan fingerprint density at radius 2 is 0.857 bits per heavy atom. The van der Waals surface area contributed by atoms with Crippen LogP contribution >= 0.6 is 0 Å². The van der Waals surface area contributed by atoms with Crippen molar-refractivity contribution in [1.82, 2.24) is 4.57 Å². The number of nitrogens with zero attached hydrogens (tertiary/aromatic N) is 3. The molecule has 0 radical (unpaired) electrons. The Bertz CT molecular complexity index is 4950. The van der Waals surface area contributed by atoms with Crippen molar-refractivity contribution >= 4 is 99.8 Å². The third-order valence-electron chi connectivity index (χ3n) is 14.8. The van der Waals surface area contributed by atoms with E-state index in [0.29, 0.717) is 28.2 Å². The minimum Gasteiger partial charge on any atom is -0.456 e.